The lowest BCUT2D eigenvalue weighted by Gasteiger charge is -2.14. The number of methoxy groups -OCH3 is 1. The fourth-order valence-electron chi connectivity index (χ4n) is 2.68. The van der Waals surface area contributed by atoms with Crippen LogP contribution in [0.3, 0.4) is 0 Å². The Morgan fingerprint density at radius 3 is 2.86 bits per heavy atom. The van der Waals surface area contributed by atoms with Crippen molar-refractivity contribution in [3.8, 4) is 5.75 Å². The summed E-state index contributed by atoms with van der Waals surface area (Å²) in [7, 11) is 1.63. The smallest absolute Gasteiger partial charge is 0.184 e. The number of rotatable bonds is 5. The van der Waals surface area contributed by atoms with E-state index in [-0.39, 0.29) is 6.04 Å². The Bertz CT molecular complexity index is 812. The fraction of sp³-hybridized carbons (Fsp3) is 0.400. The van der Waals surface area contributed by atoms with Crippen molar-refractivity contribution in [1.29, 1.82) is 0 Å². The maximum absolute atomic E-state index is 6.30. The van der Waals surface area contributed by atoms with E-state index < -0.39 is 0 Å². The molecule has 7 heteroatoms. The number of nitrogens with zero attached hydrogens (tertiary/aromatic N) is 4. The van der Waals surface area contributed by atoms with Crippen LogP contribution in [0.15, 0.2) is 18.2 Å². The molecule has 0 amide bonds. The van der Waals surface area contributed by atoms with Crippen LogP contribution in [0.25, 0.3) is 16.7 Å². The van der Waals surface area contributed by atoms with E-state index in [9.17, 15) is 0 Å². The molecule has 0 saturated heterocycles. The summed E-state index contributed by atoms with van der Waals surface area (Å²) >= 11 is 0. The molecule has 1 atom stereocenters. The Morgan fingerprint density at radius 1 is 1.32 bits per heavy atom. The van der Waals surface area contributed by atoms with Crippen molar-refractivity contribution in [1.82, 2.24) is 19.6 Å². The topological polar surface area (TPSA) is 104 Å². The largest absolute Gasteiger partial charge is 0.494 e. The van der Waals surface area contributed by atoms with E-state index in [1.807, 2.05) is 29.5 Å². The van der Waals surface area contributed by atoms with E-state index in [0.29, 0.717) is 17.9 Å². The van der Waals surface area contributed by atoms with Crippen molar-refractivity contribution in [3.05, 3.63) is 29.7 Å². The lowest BCUT2D eigenvalue weighted by molar-refractivity contribution is 0.418. The van der Waals surface area contributed by atoms with Crippen LogP contribution in [0.4, 0.5) is 0 Å². The first-order valence-electron chi connectivity index (χ1n) is 7.31. The standard InChI is InChI=1S/C15H20N6O/c1-9-19-20-15-13(10(17)5-4-8-16)18-14-11(21(9)15)6-3-7-12(14)22-2/h3,6-7,10H,4-5,8,16-17H2,1-2H3. The van der Waals surface area contributed by atoms with Crippen molar-refractivity contribution in [2.45, 2.75) is 25.8 Å². The van der Waals surface area contributed by atoms with Gasteiger partial charge in [-0.3, -0.25) is 4.40 Å². The van der Waals surface area contributed by atoms with E-state index in [1.54, 1.807) is 7.11 Å². The van der Waals surface area contributed by atoms with E-state index in [0.717, 1.165) is 35.4 Å². The molecule has 1 unspecified atom stereocenters. The van der Waals surface area contributed by atoms with Crippen LogP contribution >= 0.6 is 0 Å². The Morgan fingerprint density at radius 2 is 2.14 bits per heavy atom. The van der Waals surface area contributed by atoms with Crippen molar-refractivity contribution in [3.63, 3.8) is 0 Å². The van der Waals surface area contributed by atoms with E-state index >= 15 is 0 Å². The average Bonchev–Trinajstić information content (AvgIpc) is 2.93. The zero-order valence-electron chi connectivity index (χ0n) is 12.8. The first-order valence-corrected chi connectivity index (χ1v) is 7.31. The third-order valence-electron chi connectivity index (χ3n) is 3.80. The van der Waals surface area contributed by atoms with Gasteiger partial charge in [0.15, 0.2) is 5.65 Å². The number of aryl methyl sites for hydroxylation is 1. The zero-order chi connectivity index (χ0) is 15.7. The number of hydrogen-bond donors (Lipinski definition) is 2. The number of benzene rings is 1. The van der Waals surface area contributed by atoms with E-state index in [1.165, 1.54) is 0 Å². The van der Waals surface area contributed by atoms with Crippen LogP contribution < -0.4 is 16.2 Å². The zero-order valence-corrected chi connectivity index (χ0v) is 12.8. The number of ether oxygens (including phenoxy) is 1. The van der Waals surface area contributed by atoms with Gasteiger partial charge in [0.2, 0.25) is 0 Å². The third-order valence-corrected chi connectivity index (χ3v) is 3.80. The van der Waals surface area contributed by atoms with Gasteiger partial charge in [-0.15, -0.1) is 10.2 Å². The van der Waals surface area contributed by atoms with Crippen molar-refractivity contribution < 1.29 is 4.74 Å². The van der Waals surface area contributed by atoms with Crippen LogP contribution in [0.1, 0.15) is 30.4 Å². The number of hydrogen-bond acceptors (Lipinski definition) is 6. The number of nitrogens with two attached hydrogens (primary N) is 2. The molecule has 3 aromatic rings. The van der Waals surface area contributed by atoms with Gasteiger partial charge in [0.1, 0.15) is 22.8 Å². The Kier molecular flexibility index (Phi) is 3.91. The molecule has 22 heavy (non-hydrogen) atoms. The summed E-state index contributed by atoms with van der Waals surface area (Å²) in [5, 5.41) is 8.43. The minimum Gasteiger partial charge on any atom is -0.494 e. The normalized spacial score (nSPS) is 12.9. The first kappa shape index (κ1) is 14.7. The van der Waals surface area contributed by atoms with E-state index in [2.05, 4.69) is 10.2 Å². The third kappa shape index (κ3) is 2.28. The van der Waals surface area contributed by atoms with Crippen LogP contribution in [0, 0.1) is 6.92 Å². The molecule has 116 valence electrons. The SMILES string of the molecule is COc1cccc2c1nc(C(N)CCCN)c1nnc(C)n12. The van der Waals surface area contributed by atoms with Gasteiger partial charge in [0.25, 0.3) is 0 Å². The summed E-state index contributed by atoms with van der Waals surface area (Å²) in [5.74, 6) is 1.50. The molecule has 3 rings (SSSR count). The first-order chi connectivity index (χ1) is 10.7. The van der Waals surface area contributed by atoms with Gasteiger partial charge in [-0.05, 0) is 38.4 Å². The van der Waals surface area contributed by atoms with Gasteiger partial charge in [-0.1, -0.05) is 6.07 Å². The lowest BCUT2D eigenvalue weighted by Crippen LogP contribution is -2.16. The van der Waals surface area contributed by atoms with Gasteiger partial charge in [-0.25, -0.2) is 4.98 Å². The van der Waals surface area contributed by atoms with Gasteiger partial charge >= 0.3 is 0 Å². The molecule has 2 heterocycles. The Balaban J connectivity index is 2.30. The predicted octanol–water partition coefficient (Wildman–Crippen LogP) is 1.33. The molecular weight excluding hydrogens is 280 g/mol. The molecule has 0 bridgehead atoms. The highest BCUT2D eigenvalue weighted by molar-refractivity contribution is 5.84. The number of aromatic nitrogens is 4. The van der Waals surface area contributed by atoms with Crippen molar-refractivity contribution in [2.75, 3.05) is 13.7 Å². The molecule has 7 nitrogen and oxygen atoms in total. The molecule has 4 N–H and O–H groups in total. The highest BCUT2D eigenvalue weighted by Gasteiger charge is 2.19. The maximum Gasteiger partial charge on any atom is 0.184 e. The van der Waals surface area contributed by atoms with Gasteiger partial charge in [0.05, 0.1) is 18.7 Å². The predicted molar refractivity (Wildman–Crippen MR) is 84.8 cm³/mol. The summed E-state index contributed by atoms with van der Waals surface area (Å²) in [6, 6.07) is 5.55. The van der Waals surface area contributed by atoms with Gasteiger partial charge < -0.3 is 16.2 Å². The monoisotopic (exact) mass is 300 g/mol. The molecule has 0 radical (unpaired) electrons. The van der Waals surface area contributed by atoms with Crippen molar-refractivity contribution >= 4 is 16.7 Å². The Labute approximate surface area is 128 Å². The van der Waals surface area contributed by atoms with E-state index in [4.69, 9.17) is 21.2 Å². The Hall–Kier alpha value is -2.25. The quantitative estimate of drug-likeness (QED) is 0.736. The van der Waals surface area contributed by atoms with Crippen LogP contribution in [0.5, 0.6) is 5.75 Å². The van der Waals surface area contributed by atoms with Crippen LogP contribution in [-0.2, 0) is 0 Å². The molecule has 2 aromatic heterocycles. The second-order valence-corrected chi connectivity index (χ2v) is 5.27. The summed E-state index contributed by atoms with van der Waals surface area (Å²) in [4.78, 5) is 4.73. The van der Waals surface area contributed by atoms with Gasteiger partial charge in [0, 0.05) is 0 Å². The highest BCUT2D eigenvalue weighted by Crippen LogP contribution is 2.28. The highest BCUT2D eigenvalue weighted by atomic mass is 16.5. The number of fused-ring (bicyclic) bond motifs is 3. The second-order valence-electron chi connectivity index (χ2n) is 5.27. The van der Waals surface area contributed by atoms with Crippen LogP contribution in [-0.4, -0.2) is 33.2 Å². The second kappa shape index (κ2) is 5.86. The fourth-order valence-corrected chi connectivity index (χ4v) is 2.68. The van der Waals surface area contributed by atoms with Crippen LogP contribution in [0.2, 0.25) is 0 Å². The molecule has 0 fully saturated rings. The molecule has 0 saturated carbocycles. The van der Waals surface area contributed by atoms with Crippen molar-refractivity contribution in [2.24, 2.45) is 11.5 Å². The summed E-state index contributed by atoms with van der Waals surface area (Å²) in [6.07, 6.45) is 1.60. The minimum absolute atomic E-state index is 0.232. The lowest BCUT2D eigenvalue weighted by atomic mass is 10.1. The molecule has 1 aromatic carbocycles. The molecule has 0 aliphatic rings. The summed E-state index contributed by atoms with van der Waals surface area (Å²) < 4.78 is 7.41. The maximum atomic E-state index is 6.30. The summed E-state index contributed by atoms with van der Waals surface area (Å²) in [6.45, 7) is 2.51. The molecule has 0 spiro atoms. The molecule has 0 aliphatic heterocycles. The van der Waals surface area contributed by atoms with Gasteiger partial charge in [-0.2, -0.15) is 0 Å². The average molecular weight is 300 g/mol. The number of para-hydroxylation sites is 1. The molecule has 0 aliphatic carbocycles. The molecular formula is C15H20N6O. The summed E-state index contributed by atoms with van der Waals surface area (Å²) in [5.41, 5.74) is 15.0. The minimum atomic E-state index is -0.232.